The number of para-hydroxylation sites is 1. The third-order valence-electron chi connectivity index (χ3n) is 3.92. The molecule has 0 aromatic heterocycles. The molecule has 3 aromatic rings. The van der Waals surface area contributed by atoms with Gasteiger partial charge in [-0.2, -0.15) is 0 Å². The first-order chi connectivity index (χ1) is 11.8. The molecule has 0 amide bonds. The Kier molecular flexibility index (Phi) is 5.36. The zero-order valence-electron chi connectivity index (χ0n) is 13.8. The Morgan fingerprint density at radius 1 is 0.750 bits per heavy atom. The summed E-state index contributed by atoms with van der Waals surface area (Å²) in [5, 5.41) is 7.10. The van der Waals surface area contributed by atoms with Crippen molar-refractivity contribution in [2.24, 2.45) is 0 Å². The minimum absolute atomic E-state index is 0.166. The summed E-state index contributed by atoms with van der Waals surface area (Å²) in [7, 11) is 1.68. The van der Waals surface area contributed by atoms with Gasteiger partial charge in [0.2, 0.25) is 0 Å². The van der Waals surface area contributed by atoms with E-state index in [1.54, 1.807) is 7.11 Å². The van der Waals surface area contributed by atoms with Gasteiger partial charge in [0.25, 0.3) is 0 Å². The van der Waals surface area contributed by atoms with E-state index in [1.807, 2.05) is 48.5 Å². The summed E-state index contributed by atoms with van der Waals surface area (Å²) in [6.45, 7) is 0.792. The van der Waals surface area contributed by atoms with Crippen molar-refractivity contribution in [2.45, 2.75) is 6.04 Å². The topological polar surface area (TPSA) is 33.3 Å². The summed E-state index contributed by atoms with van der Waals surface area (Å²) >= 11 is 0. The standard InChI is InChI=1S/C21H22N2O/c1-24-20-14-12-19(13-15-20)23-21(17-8-4-2-5-9-17)16-22-18-10-6-3-7-11-18/h2-15,21-23H,16H2,1H3. The Balaban J connectivity index is 1.74. The van der Waals surface area contributed by atoms with Crippen molar-refractivity contribution in [1.29, 1.82) is 0 Å². The summed E-state index contributed by atoms with van der Waals surface area (Å²) in [5.41, 5.74) is 3.44. The fourth-order valence-corrected chi connectivity index (χ4v) is 2.60. The zero-order chi connectivity index (χ0) is 16.6. The largest absolute Gasteiger partial charge is 0.497 e. The Morgan fingerprint density at radius 3 is 2.00 bits per heavy atom. The third kappa shape index (κ3) is 4.29. The van der Waals surface area contributed by atoms with Gasteiger partial charge in [-0.1, -0.05) is 48.5 Å². The smallest absolute Gasteiger partial charge is 0.119 e. The number of anilines is 2. The Labute approximate surface area is 143 Å². The van der Waals surface area contributed by atoms with Crippen LogP contribution < -0.4 is 15.4 Å². The second-order valence-corrected chi connectivity index (χ2v) is 5.58. The molecular formula is C21H22N2O. The zero-order valence-corrected chi connectivity index (χ0v) is 13.8. The van der Waals surface area contributed by atoms with E-state index in [9.17, 15) is 0 Å². The van der Waals surface area contributed by atoms with Crippen LogP contribution in [0.4, 0.5) is 11.4 Å². The molecule has 3 aromatic carbocycles. The molecule has 0 radical (unpaired) electrons. The van der Waals surface area contributed by atoms with Gasteiger partial charge in [-0.15, -0.1) is 0 Å². The molecule has 3 nitrogen and oxygen atoms in total. The maximum Gasteiger partial charge on any atom is 0.119 e. The van der Waals surface area contributed by atoms with Gasteiger partial charge in [0.05, 0.1) is 13.2 Å². The molecule has 0 saturated carbocycles. The Bertz CT molecular complexity index is 727. The molecule has 0 fully saturated rings. The van der Waals surface area contributed by atoms with Crippen LogP contribution in [0, 0.1) is 0 Å². The molecule has 2 N–H and O–H groups in total. The van der Waals surface area contributed by atoms with Crippen molar-refractivity contribution < 1.29 is 4.74 Å². The maximum atomic E-state index is 5.22. The summed E-state index contributed by atoms with van der Waals surface area (Å²) < 4.78 is 5.22. The van der Waals surface area contributed by atoms with Crippen molar-refractivity contribution in [3.05, 3.63) is 90.5 Å². The molecule has 24 heavy (non-hydrogen) atoms. The van der Waals surface area contributed by atoms with Crippen LogP contribution in [0.5, 0.6) is 5.75 Å². The fraction of sp³-hybridized carbons (Fsp3) is 0.143. The maximum absolute atomic E-state index is 5.22. The van der Waals surface area contributed by atoms with E-state index in [2.05, 4.69) is 47.0 Å². The number of rotatable bonds is 7. The van der Waals surface area contributed by atoms with Crippen LogP contribution in [0.2, 0.25) is 0 Å². The van der Waals surface area contributed by atoms with E-state index < -0.39 is 0 Å². The van der Waals surface area contributed by atoms with Crippen LogP contribution in [0.25, 0.3) is 0 Å². The molecule has 3 rings (SSSR count). The third-order valence-corrected chi connectivity index (χ3v) is 3.92. The highest BCUT2D eigenvalue weighted by Crippen LogP contribution is 2.22. The van der Waals surface area contributed by atoms with E-state index in [1.165, 1.54) is 5.56 Å². The number of benzene rings is 3. The number of hydrogen-bond donors (Lipinski definition) is 2. The first-order valence-corrected chi connectivity index (χ1v) is 8.09. The van der Waals surface area contributed by atoms with Gasteiger partial charge in [-0.25, -0.2) is 0 Å². The summed E-state index contributed by atoms with van der Waals surface area (Å²) in [5.74, 6) is 0.860. The minimum atomic E-state index is 0.166. The lowest BCUT2D eigenvalue weighted by Gasteiger charge is -2.22. The Hall–Kier alpha value is -2.94. The average Bonchev–Trinajstić information content (AvgIpc) is 2.67. The van der Waals surface area contributed by atoms with Crippen LogP contribution >= 0.6 is 0 Å². The molecule has 1 unspecified atom stereocenters. The first-order valence-electron chi connectivity index (χ1n) is 8.09. The quantitative estimate of drug-likeness (QED) is 0.646. The van der Waals surface area contributed by atoms with Gasteiger partial charge in [-0.05, 0) is 42.0 Å². The average molecular weight is 318 g/mol. The lowest BCUT2D eigenvalue weighted by Crippen LogP contribution is -2.20. The lowest BCUT2D eigenvalue weighted by atomic mass is 10.1. The molecule has 1 atom stereocenters. The SMILES string of the molecule is COc1ccc(NC(CNc2ccccc2)c2ccccc2)cc1. The summed E-state index contributed by atoms with van der Waals surface area (Å²) in [6, 6.07) is 28.9. The Morgan fingerprint density at radius 2 is 1.38 bits per heavy atom. The van der Waals surface area contributed by atoms with E-state index >= 15 is 0 Å². The fourth-order valence-electron chi connectivity index (χ4n) is 2.60. The predicted octanol–water partition coefficient (Wildman–Crippen LogP) is 4.96. The second kappa shape index (κ2) is 8.06. The van der Waals surface area contributed by atoms with E-state index in [0.717, 1.165) is 23.7 Å². The molecule has 3 heteroatoms. The van der Waals surface area contributed by atoms with Crippen LogP contribution in [0.3, 0.4) is 0 Å². The molecular weight excluding hydrogens is 296 g/mol. The monoisotopic (exact) mass is 318 g/mol. The van der Waals surface area contributed by atoms with Gasteiger partial charge in [0.15, 0.2) is 0 Å². The van der Waals surface area contributed by atoms with Crippen molar-refractivity contribution in [3.8, 4) is 5.75 Å². The van der Waals surface area contributed by atoms with Gasteiger partial charge >= 0.3 is 0 Å². The van der Waals surface area contributed by atoms with Crippen molar-refractivity contribution >= 4 is 11.4 Å². The summed E-state index contributed by atoms with van der Waals surface area (Å²) in [6.07, 6.45) is 0. The molecule has 0 aliphatic carbocycles. The normalized spacial score (nSPS) is 11.5. The second-order valence-electron chi connectivity index (χ2n) is 5.58. The number of nitrogens with one attached hydrogen (secondary N) is 2. The molecule has 0 saturated heterocycles. The first kappa shape index (κ1) is 15.9. The molecule has 0 heterocycles. The van der Waals surface area contributed by atoms with Crippen molar-refractivity contribution in [3.63, 3.8) is 0 Å². The summed E-state index contributed by atoms with van der Waals surface area (Å²) in [4.78, 5) is 0. The highest BCUT2D eigenvalue weighted by atomic mass is 16.5. The van der Waals surface area contributed by atoms with Gasteiger partial charge < -0.3 is 15.4 Å². The van der Waals surface area contributed by atoms with Crippen LogP contribution in [0.1, 0.15) is 11.6 Å². The van der Waals surface area contributed by atoms with Gasteiger partial charge in [-0.3, -0.25) is 0 Å². The van der Waals surface area contributed by atoms with Crippen molar-refractivity contribution in [1.82, 2.24) is 0 Å². The van der Waals surface area contributed by atoms with Crippen LogP contribution in [-0.2, 0) is 0 Å². The molecule has 0 aliphatic heterocycles. The number of methoxy groups -OCH3 is 1. The minimum Gasteiger partial charge on any atom is -0.497 e. The number of ether oxygens (including phenoxy) is 1. The number of hydrogen-bond acceptors (Lipinski definition) is 3. The van der Waals surface area contributed by atoms with Gasteiger partial charge in [0, 0.05) is 17.9 Å². The predicted molar refractivity (Wildman–Crippen MR) is 101 cm³/mol. The molecule has 0 aliphatic rings. The van der Waals surface area contributed by atoms with Crippen molar-refractivity contribution in [2.75, 3.05) is 24.3 Å². The van der Waals surface area contributed by atoms with E-state index in [-0.39, 0.29) is 6.04 Å². The van der Waals surface area contributed by atoms with E-state index in [0.29, 0.717) is 0 Å². The van der Waals surface area contributed by atoms with Gasteiger partial charge in [0.1, 0.15) is 5.75 Å². The highest BCUT2D eigenvalue weighted by Gasteiger charge is 2.11. The van der Waals surface area contributed by atoms with E-state index in [4.69, 9.17) is 4.74 Å². The lowest BCUT2D eigenvalue weighted by molar-refractivity contribution is 0.415. The molecule has 0 spiro atoms. The highest BCUT2D eigenvalue weighted by molar-refractivity contribution is 5.50. The van der Waals surface area contributed by atoms with Crippen LogP contribution in [-0.4, -0.2) is 13.7 Å². The molecule has 0 bridgehead atoms. The molecule has 122 valence electrons. The van der Waals surface area contributed by atoms with Crippen LogP contribution in [0.15, 0.2) is 84.9 Å².